The van der Waals surface area contributed by atoms with Crippen LogP contribution in [0.2, 0.25) is 0 Å². The molecular weight excluding hydrogens is 439 g/mol. The Labute approximate surface area is 211 Å². The summed E-state index contributed by atoms with van der Waals surface area (Å²) in [5.41, 5.74) is 5.49. The Kier molecular flexibility index (Phi) is 8.95. The third-order valence-electron chi connectivity index (χ3n) is 7.46. The van der Waals surface area contributed by atoms with Gasteiger partial charge in [-0.05, 0) is 81.9 Å². The molecule has 3 unspecified atom stereocenters. The molecule has 3 atom stereocenters. The van der Waals surface area contributed by atoms with Crippen molar-refractivity contribution in [2.45, 2.75) is 105 Å². The van der Waals surface area contributed by atoms with Crippen LogP contribution in [-0.2, 0) is 28.2 Å². The summed E-state index contributed by atoms with van der Waals surface area (Å²) in [6, 6.07) is 6.01. The van der Waals surface area contributed by atoms with E-state index in [1.165, 1.54) is 23.2 Å². The second-order valence-electron chi connectivity index (χ2n) is 10.3. The number of hydrogen-bond donors (Lipinski definition) is 0. The molecule has 0 saturated heterocycles. The first-order chi connectivity index (χ1) is 16.7. The number of alkyl halides is 1. The first kappa shape index (κ1) is 27.2. The summed E-state index contributed by atoms with van der Waals surface area (Å²) < 4.78 is 22.5. The van der Waals surface area contributed by atoms with Crippen molar-refractivity contribution >= 4 is 11.5 Å². The van der Waals surface area contributed by atoms with E-state index in [1.807, 2.05) is 30.7 Å². The van der Waals surface area contributed by atoms with Crippen LogP contribution >= 0.6 is 0 Å². The van der Waals surface area contributed by atoms with Crippen molar-refractivity contribution in [3.63, 3.8) is 0 Å². The lowest BCUT2D eigenvalue weighted by Crippen LogP contribution is -2.21. The third kappa shape index (κ3) is 6.05. The molecule has 5 heteroatoms. The molecular formula is C30H43FN2O2. The standard InChI is InChI=1S/C16H25F.C14H18N2O2/c1-5-7-12-16(17,11-6-2)15-10-8-9-13(3)14(15)4;1-4-18-9(3)14-13-11-5-10(11)6-12(13)16(15-14)7-8(2)17/h8-10H,5-7,11-12H2,1-4H3;10-11H,3-7H2,1-2H3. The van der Waals surface area contributed by atoms with E-state index in [4.69, 9.17) is 4.74 Å². The number of aryl methyl sites for hydroxylation is 1. The Morgan fingerprint density at radius 2 is 1.97 bits per heavy atom. The number of halogens is 1. The van der Waals surface area contributed by atoms with Gasteiger partial charge in [0.15, 0.2) is 5.78 Å². The van der Waals surface area contributed by atoms with E-state index in [1.54, 1.807) is 6.92 Å². The smallest absolute Gasteiger partial charge is 0.151 e. The third-order valence-corrected chi connectivity index (χ3v) is 7.46. The van der Waals surface area contributed by atoms with Gasteiger partial charge in [-0.2, -0.15) is 5.10 Å². The van der Waals surface area contributed by atoms with Gasteiger partial charge in [0.2, 0.25) is 0 Å². The molecule has 2 aromatic rings. The Balaban J connectivity index is 0.000000196. The SMILES string of the molecule is C=C(OCC)c1nn(CC(C)=O)c2c1C1CC1C2.CCCCC(F)(CCC)c1cccc(C)c1C. The van der Waals surface area contributed by atoms with Crippen molar-refractivity contribution in [2.75, 3.05) is 6.61 Å². The molecule has 0 radical (unpaired) electrons. The highest BCUT2D eigenvalue weighted by Gasteiger charge is 2.49. The molecule has 2 aliphatic carbocycles. The first-order valence-corrected chi connectivity index (χ1v) is 13.3. The Bertz CT molecular complexity index is 1060. The van der Waals surface area contributed by atoms with E-state index in [-0.39, 0.29) is 5.78 Å². The summed E-state index contributed by atoms with van der Waals surface area (Å²) in [5.74, 6) is 2.18. The number of fused-ring (bicyclic) bond motifs is 3. The van der Waals surface area contributed by atoms with Gasteiger partial charge in [0.05, 0.1) is 13.2 Å². The number of hydrogen-bond acceptors (Lipinski definition) is 3. The normalized spacial score (nSPS) is 19.2. The minimum absolute atomic E-state index is 0.134. The molecule has 0 bridgehead atoms. The molecule has 1 aromatic carbocycles. The fourth-order valence-electron chi connectivity index (χ4n) is 5.47. The average molecular weight is 483 g/mol. The largest absolute Gasteiger partial charge is 0.492 e. The maximum atomic E-state index is 15.2. The van der Waals surface area contributed by atoms with E-state index >= 15 is 4.39 Å². The molecule has 1 saturated carbocycles. The zero-order valence-corrected chi connectivity index (χ0v) is 22.5. The predicted octanol–water partition coefficient (Wildman–Crippen LogP) is 7.60. The van der Waals surface area contributed by atoms with E-state index < -0.39 is 5.67 Å². The number of nitrogens with zero attached hydrogens (tertiary/aromatic N) is 2. The van der Waals surface area contributed by atoms with Gasteiger partial charge in [-0.15, -0.1) is 0 Å². The number of Topliss-reactive ketones (excluding diaryl/α,β-unsaturated/α-hetero) is 1. The highest BCUT2D eigenvalue weighted by Crippen LogP contribution is 2.58. The minimum atomic E-state index is -1.12. The van der Waals surface area contributed by atoms with Crippen molar-refractivity contribution in [2.24, 2.45) is 5.92 Å². The van der Waals surface area contributed by atoms with Crippen LogP contribution < -0.4 is 0 Å². The van der Waals surface area contributed by atoms with Gasteiger partial charge in [0, 0.05) is 11.3 Å². The van der Waals surface area contributed by atoms with Gasteiger partial charge in [0.1, 0.15) is 17.1 Å². The number of aromatic nitrogens is 2. The highest BCUT2D eigenvalue weighted by atomic mass is 19.1. The molecule has 0 amide bonds. The van der Waals surface area contributed by atoms with Gasteiger partial charge in [-0.3, -0.25) is 9.48 Å². The summed E-state index contributed by atoms with van der Waals surface area (Å²) in [7, 11) is 0. The summed E-state index contributed by atoms with van der Waals surface area (Å²) in [6.07, 6.45) is 6.52. The van der Waals surface area contributed by atoms with E-state index in [9.17, 15) is 4.79 Å². The molecule has 0 spiro atoms. The zero-order chi connectivity index (χ0) is 25.8. The van der Waals surface area contributed by atoms with Crippen LogP contribution in [0.5, 0.6) is 0 Å². The van der Waals surface area contributed by atoms with Crippen molar-refractivity contribution in [1.82, 2.24) is 9.78 Å². The summed E-state index contributed by atoms with van der Waals surface area (Å²) in [6.45, 7) is 16.7. The topological polar surface area (TPSA) is 44.1 Å². The van der Waals surface area contributed by atoms with Crippen LogP contribution in [0, 0.1) is 19.8 Å². The maximum Gasteiger partial charge on any atom is 0.151 e. The van der Waals surface area contributed by atoms with Crippen LogP contribution in [0.4, 0.5) is 4.39 Å². The Morgan fingerprint density at radius 1 is 1.23 bits per heavy atom. The maximum absolute atomic E-state index is 15.2. The fraction of sp³-hybridized carbons (Fsp3) is 0.600. The Hall–Kier alpha value is -2.43. The van der Waals surface area contributed by atoms with Gasteiger partial charge in [-0.1, -0.05) is 57.9 Å². The molecule has 0 aliphatic heterocycles. The number of carbonyl (C=O) groups excluding carboxylic acids is 1. The number of ether oxygens (including phenoxy) is 1. The highest BCUT2D eigenvalue weighted by molar-refractivity contribution is 5.75. The first-order valence-electron chi connectivity index (χ1n) is 13.3. The number of rotatable bonds is 11. The molecule has 0 N–H and O–H groups in total. The zero-order valence-electron chi connectivity index (χ0n) is 22.5. The predicted molar refractivity (Wildman–Crippen MR) is 141 cm³/mol. The van der Waals surface area contributed by atoms with Gasteiger partial charge in [-0.25, -0.2) is 4.39 Å². The van der Waals surface area contributed by atoms with Crippen LogP contribution in [0.25, 0.3) is 5.76 Å². The molecule has 1 heterocycles. The van der Waals surface area contributed by atoms with Gasteiger partial charge >= 0.3 is 0 Å². The van der Waals surface area contributed by atoms with Crippen LogP contribution in [0.15, 0.2) is 24.8 Å². The van der Waals surface area contributed by atoms with Gasteiger partial charge in [0.25, 0.3) is 0 Å². The molecule has 1 aromatic heterocycles. The summed E-state index contributed by atoms with van der Waals surface area (Å²) in [5, 5.41) is 4.54. The monoisotopic (exact) mass is 482 g/mol. The molecule has 4 rings (SSSR count). The average Bonchev–Trinajstić information content (AvgIpc) is 3.33. The van der Waals surface area contributed by atoms with E-state index in [2.05, 4.69) is 38.5 Å². The molecule has 1 fully saturated rings. The molecule has 192 valence electrons. The van der Waals surface area contributed by atoms with E-state index in [0.717, 1.165) is 48.4 Å². The van der Waals surface area contributed by atoms with Crippen molar-refractivity contribution in [3.05, 3.63) is 58.4 Å². The number of unbranched alkanes of at least 4 members (excludes halogenated alkanes) is 1. The van der Waals surface area contributed by atoms with Crippen LogP contribution in [-0.4, -0.2) is 22.2 Å². The van der Waals surface area contributed by atoms with Crippen molar-refractivity contribution in [3.8, 4) is 0 Å². The Morgan fingerprint density at radius 3 is 2.60 bits per heavy atom. The van der Waals surface area contributed by atoms with Crippen molar-refractivity contribution in [1.29, 1.82) is 0 Å². The quantitative estimate of drug-likeness (QED) is 0.310. The number of benzene rings is 1. The molecule has 35 heavy (non-hydrogen) atoms. The molecule has 2 aliphatic rings. The molecule has 4 nitrogen and oxygen atoms in total. The summed E-state index contributed by atoms with van der Waals surface area (Å²) >= 11 is 0. The van der Waals surface area contributed by atoms with Gasteiger partial charge < -0.3 is 4.74 Å². The number of carbonyl (C=O) groups is 1. The second-order valence-corrected chi connectivity index (χ2v) is 10.3. The second kappa shape index (κ2) is 11.5. The lowest BCUT2D eigenvalue weighted by molar-refractivity contribution is -0.117. The van der Waals surface area contributed by atoms with Crippen molar-refractivity contribution < 1.29 is 13.9 Å². The van der Waals surface area contributed by atoms with Crippen LogP contribution in [0.3, 0.4) is 0 Å². The van der Waals surface area contributed by atoms with Crippen LogP contribution in [0.1, 0.15) is 106 Å². The minimum Gasteiger partial charge on any atom is -0.492 e. The van der Waals surface area contributed by atoms with E-state index in [0.29, 0.717) is 37.7 Å². The fourth-order valence-corrected chi connectivity index (χ4v) is 5.47. The number of ketones is 1. The lowest BCUT2D eigenvalue weighted by Gasteiger charge is -2.28. The summed E-state index contributed by atoms with van der Waals surface area (Å²) in [4.78, 5) is 11.3. The lowest BCUT2D eigenvalue weighted by atomic mass is 9.83.